The van der Waals surface area contributed by atoms with E-state index in [-0.39, 0.29) is 17.9 Å². The molecule has 2 aromatic rings. The predicted octanol–water partition coefficient (Wildman–Crippen LogP) is 2.86. The molecule has 0 saturated heterocycles. The molecule has 2 aromatic carbocycles. The minimum absolute atomic E-state index is 0.0432. The molecule has 0 aliphatic rings. The van der Waals surface area contributed by atoms with Crippen LogP contribution in [0, 0.1) is 6.92 Å². The Morgan fingerprint density at radius 1 is 1.29 bits per heavy atom. The molecule has 0 bridgehead atoms. The Hall–Kier alpha value is -2.69. The summed E-state index contributed by atoms with van der Waals surface area (Å²) >= 11 is 0. The molecule has 0 amide bonds. The lowest BCUT2D eigenvalue weighted by atomic mass is 10.1. The van der Waals surface area contributed by atoms with Gasteiger partial charge in [0, 0.05) is 5.56 Å². The Labute approximate surface area is 122 Å². The van der Waals surface area contributed by atoms with Gasteiger partial charge in [0.05, 0.1) is 12.8 Å². The summed E-state index contributed by atoms with van der Waals surface area (Å²) in [5.41, 5.74) is 8.03. The normalized spacial score (nSPS) is 10.2. The highest BCUT2D eigenvalue weighted by molar-refractivity contribution is 5.93. The van der Waals surface area contributed by atoms with Crippen molar-refractivity contribution in [3.05, 3.63) is 53.1 Å². The highest BCUT2D eigenvalue weighted by Gasteiger charge is 2.15. The number of carboxylic acids is 1. The van der Waals surface area contributed by atoms with Gasteiger partial charge in [-0.2, -0.15) is 0 Å². The first-order chi connectivity index (χ1) is 10.0. The largest absolute Gasteiger partial charge is 0.496 e. The van der Waals surface area contributed by atoms with E-state index in [0.717, 1.165) is 11.1 Å². The van der Waals surface area contributed by atoms with Gasteiger partial charge in [0.1, 0.15) is 17.9 Å². The number of para-hydroxylation sites is 1. The summed E-state index contributed by atoms with van der Waals surface area (Å²) in [4.78, 5) is 11.2. The minimum atomic E-state index is -1.08. The molecule has 21 heavy (non-hydrogen) atoms. The van der Waals surface area contributed by atoms with Gasteiger partial charge in [0.2, 0.25) is 0 Å². The third-order valence-electron chi connectivity index (χ3n) is 3.08. The van der Waals surface area contributed by atoms with Crippen molar-refractivity contribution in [2.45, 2.75) is 13.5 Å². The molecule has 110 valence electrons. The lowest BCUT2D eigenvalue weighted by molar-refractivity contribution is 0.0692. The molecule has 0 unspecified atom stereocenters. The van der Waals surface area contributed by atoms with Crippen molar-refractivity contribution in [1.82, 2.24) is 0 Å². The van der Waals surface area contributed by atoms with Crippen LogP contribution in [0.1, 0.15) is 21.5 Å². The SMILES string of the molecule is COc1ccc(C)cc1COc1c(N)cccc1C(=O)O. The van der Waals surface area contributed by atoms with Crippen molar-refractivity contribution in [2.75, 3.05) is 12.8 Å². The minimum Gasteiger partial charge on any atom is -0.496 e. The maximum atomic E-state index is 11.2. The van der Waals surface area contributed by atoms with Crippen molar-refractivity contribution in [1.29, 1.82) is 0 Å². The van der Waals surface area contributed by atoms with E-state index in [4.69, 9.17) is 15.2 Å². The van der Waals surface area contributed by atoms with Crippen LogP contribution < -0.4 is 15.2 Å². The van der Waals surface area contributed by atoms with Crippen LogP contribution in [0.5, 0.6) is 11.5 Å². The van der Waals surface area contributed by atoms with E-state index in [9.17, 15) is 9.90 Å². The van der Waals surface area contributed by atoms with Gasteiger partial charge >= 0.3 is 5.97 Å². The van der Waals surface area contributed by atoms with E-state index in [1.165, 1.54) is 6.07 Å². The smallest absolute Gasteiger partial charge is 0.339 e. The van der Waals surface area contributed by atoms with Crippen LogP contribution in [0.15, 0.2) is 36.4 Å². The van der Waals surface area contributed by atoms with E-state index in [1.54, 1.807) is 19.2 Å². The number of hydrogen-bond acceptors (Lipinski definition) is 4. The van der Waals surface area contributed by atoms with Crippen molar-refractivity contribution >= 4 is 11.7 Å². The number of ether oxygens (including phenoxy) is 2. The van der Waals surface area contributed by atoms with Gasteiger partial charge < -0.3 is 20.3 Å². The van der Waals surface area contributed by atoms with Crippen LogP contribution in [-0.4, -0.2) is 18.2 Å². The Morgan fingerprint density at radius 3 is 2.71 bits per heavy atom. The van der Waals surface area contributed by atoms with Gasteiger partial charge in [-0.25, -0.2) is 4.79 Å². The maximum absolute atomic E-state index is 11.2. The molecule has 0 atom stereocenters. The second-order valence-corrected chi connectivity index (χ2v) is 4.63. The highest BCUT2D eigenvalue weighted by Crippen LogP contribution is 2.29. The fraction of sp³-hybridized carbons (Fsp3) is 0.188. The van der Waals surface area contributed by atoms with E-state index in [0.29, 0.717) is 11.4 Å². The average Bonchev–Trinajstić information content (AvgIpc) is 2.45. The van der Waals surface area contributed by atoms with Crippen LogP contribution in [-0.2, 0) is 6.61 Å². The van der Waals surface area contributed by atoms with Crippen LogP contribution in [0.25, 0.3) is 0 Å². The van der Waals surface area contributed by atoms with Crippen LogP contribution >= 0.6 is 0 Å². The summed E-state index contributed by atoms with van der Waals surface area (Å²) in [6, 6.07) is 10.4. The number of aryl methyl sites for hydroxylation is 1. The molecule has 0 spiro atoms. The maximum Gasteiger partial charge on any atom is 0.339 e. The van der Waals surface area contributed by atoms with Gasteiger partial charge in [-0.1, -0.05) is 17.7 Å². The van der Waals surface area contributed by atoms with E-state index in [1.807, 2.05) is 25.1 Å². The van der Waals surface area contributed by atoms with Gasteiger partial charge in [-0.15, -0.1) is 0 Å². The highest BCUT2D eigenvalue weighted by atomic mass is 16.5. The molecule has 0 heterocycles. The number of anilines is 1. The first-order valence-electron chi connectivity index (χ1n) is 6.41. The molecular weight excluding hydrogens is 270 g/mol. The third kappa shape index (κ3) is 3.25. The van der Waals surface area contributed by atoms with E-state index in [2.05, 4.69) is 0 Å². The van der Waals surface area contributed by atoms with Crippen molar-refractivity contribution in [2.24, 2.45) is 0 Å². The Kier molecular flexibility index (Phi) is 4.33. The molecule has 0 aliphatic heterocycles. The van der Waals surface area contributed by atoms with Gasteiger partial charge in [-0.05, 0) is 31.2 Å². The van der Waals surface area contributed by atoms with E-state index >= 15 is 0 Å². The van der Waals surface area contributed by atoms with E-state index < -0.39 is 5.97 Å². The van der Waals surface area contributed by atoms with Crippen molar-refractivity contribution < 1.29 is 19.4 Å². The fourth-order valence-electron chi connectivity index (χ4n) is 2.05. The molecule has 0 fully saturated rings. The first kappa shape index (κ1) is 14.7. The Bertz CT molecular complexity index is 667. The Morgan fingerprint density at radius 2 is 2.05 bits per heavy atom. The number of rotatable bonds is 5. The molecule has 3 N–H and O–H groups in total. The second-order valence-electron chi connectivity index (χ2n) is 4.63. The lowest BCUT2D eigenvalue weighted by Gasteiger charge is -2.14. The van der Waals surface area contributed by atoms with Gasteiger partial charge in [-0.3, -0.25) is 0 Å². The van der Waals surface area contributed by atoms with Crippen molar-refractivity contribution in [3.63, 3.8) is 0 Å². The number of carboxylic acid groups (broad SMARTS) is 1. The zero-order valence-corrected chi connectivity index (χ0v) is 11.9. The standard InChI is InChI=1S/C16H17NO4/c1-10-6-7-14(20-2)11(8-10)9-21-15-12(16(18)19)4-3-5-13(15)17/h3-8H,9,17H2,1-2H3,(H,18,19). The summed E-state index contributed by atoms with van der Waals surface area (Å²) in [6.45, 7) is 2.14. The average molecular weight is 287 g/mol. The topological polar surface area (TPSA) is 81.8 Å². The predicted molar refractivity (Wildman–Crippen MR) is 79.9 cm³/mol. The molecule has 0 aliphatic carbocycles. The zero-order valence-electron chi connectivity index (χ0n) is 11.9. The number of methoxy groups -OCH3 is 1. The summed E-state index contributed by atoms with van der Waals surface area (Å²) in [7, 11) is 1.58. The number of nitrogen functional groups attached to an aromatic ring is 1. The zero-order chi connectivity index (χ0) is 15.4. The number of carbonyl (C=O) groups is 1. The molecule has 0 saturated carbocycles. The van der Waals surface area contributed by atoms with Crippen molar-refractivity contribution in [3.8, 4) is 11.5 Å². The molecule has 0 radical (unpaired) electrons. The van der Waals surface area contributed by atoms with Crippen LogP contribution in [0.4, 0.5) is 5.69 Å². The summed E-state index contributed by atoms with van der Waals surface area (Å²) in [6.07, 6.45) is 0. The van der Waals surface area contributed by atoms with Crippen LogP contribution in [0.2, 0.25) is 0 Å². The quantitative estimate of drug-likeness (QED) is 0.826. The number of aromatic carboxylic acids is 1. The number of benzene rings is 2. The number of hydrogen-bond donors (Lipinski definition) is 2. The summed E-state index contributed by atoms with van der Waals surface area (Å²) in [5, 5.41) is 9.17. The summed E-state index contributed by atoms with van der Waals surface area (Å²) < 4.78 is 10.9. The first-order valence-corrected chi connectivity index (χ1v) is 6.41. The molecule has 5 nitrogen and oxygen atoms in total. The molecular formula is C16H17NO4. The monoisotopic (exact) mass is 287 g/mol. The van der Waals surface area contributed by atoms with Gasteiger partial charge in [0.25, 0.3) is 0 Å². The Balaban J connectivity index is 2.28. The molecule has 2 rings (SSSR count). The second kappa shape index (κ2) is 6.17. The van der Waals surface area contributed by atoms with Gasteiger partial charge in [0.15, 0.2) is 5.75 Å². The fourth-order valence-corrected chi connectivity index (χ4v) is 2.05. The summed E-state index contributed by atoms with van der Waals surface area (Å²) in [5.74, 6) is -0.214. The number of nitrogens with two attached hydrogens (primary N) is 1. The molecule has 5 heteroatoms. The molecule has 0 aromatic heterocycles. The third-order valence-corrected chi connectivity index (χ3v) is 3.08. The van der Waals surface area contributed by atoms with Crippen LogP contribution in [0.3, 0.4) is 0 Å². The lowest BCUT2D eigenvalue weighted by Crippen LogP contribution is -2.07.